The molecule has 1 heterocycles. The molecular formula is C11H14FNO. The van der Waals surface area contributed by atoms with Gasteiger partial charge in [0.25, 0.3) is 0 Å². The molecule has 1 aromatic rings. The lowest BCUT2D eigenvalue weighted by Crippen LogP contribution is -2.61. The molecule has 0 radical (unpaired) electrons. The highest BCUT2D eigenvalue weighted by Gasteiger charge is 2.34. The maximum absolute atomic E-state index is 13.5. The van der Waals surface area contributed by atoms with E-state index >= 15 is 0 Å². The van der Waals surface area contributed by atoms with Gasteiger partial charge in [0, 0.05) is 13.1 Å². The van der Waals surface area contributed by atoms with Crippen molar-refractivity contribution in [3.8, 4) is 5.75 Å². The van der Waals surface area contributed by atoms with Gasteiger partial charge in [0.05, 0.1) is 0 Å². The highest BCUT2D eigenvalue weighted by molar-refractivity contribution is 5.31. The Kier molecular flexibility index (Phi) is 2.19. The molecule has 2 nitrogen and oxygen atoms in total. The van der Waals surface area contributed by atoms with E-state index < -0.39 is 0 Å². The lowest BCUT2D eigenvalue weighted by Gasteiger charge is -2.39. The summed E-state index contributed by atoms with van der Waals surface area (Å²) in [4.78, 5) is 0. The fourth-order valence-electron chi connectivity index (χ4n) is 1.51. The van der Waals surface area contributed by atoms with Crippen LogP contribution in [0.1, 0.15) is 12.5 Å². The van der Waals surface area contributed by atoms with E-state index in [0.717, 1.165) is 13.1 Å². The van der Waals surface area contributed by atoms with Crippen LogP contribution in [0.3, 0.4) is 0 Å². The molecule has 0 aromatic heterocycles. The molecule has 1 fully saturated rings. The monoisotopic (exact) mass is 195 g/mol. The van der Waals surface area contributed by atoms with E-state index in [4.69, 9.17) is 4.74 Å². The highest BCUT2D eigenvalue weighted by Crippen LogP contribution is 2.25. The van der Waals surface area contributed by atoms with Gasteiger partial charge >= 0.3 is 0 Å². The van der Waals surface area contributed by atoms with Crippen LogP contribution in [0.25, 0.3) is 0 Å². The minimum atomic E-state index is -0.249. The number of nitrogens with one attached hydrogen (secondary N) is 1. The van der Waals surface area contributed by atoms with Gasteiger partial charge in [0.1, 0.15) is 5.60 Å². The zero-order chi connectivity index (χ0) is 10.2. The van der Waals surface area contributed by atoms with Crippen LogP contribution >= 0.6 is 0 Å². The Bertz CT molecular complexity index is 347. The summed E-state index contributed by atoms with van der Waals surface area (Å²) in [6.45, 7) is 5.27. The molecule has 1 aromatic carbocycles. The molecule has 76 valence electrons. The van der Waals surface area contributed by atoms with E-state index in [9.17, 15) is 4.39 Å². The minimum Gasteiger partial charge on any atom is -0.482 e. The Labute approximate surface area is 83.1 Å². The fraction of sp³-hybridized carbons (Fsp3) is 0.455. The van der Waals surface area contributed by atoms with E-state index in [2.05, 4.69) is 5.32 Å². The number of halogens is 1. The second kappa shape index (κ2) is 3.24. The molecule has 0 saturated carbocycles. The lowest BCUT2D eigenvalue weighted by molar-refractivity contribution is 0.0310. The summed E-state index contributed by atoms with van der Waals surface area (Å²) in [6.07, 6.45) is 0. The van der Waals surface area contributed by atoms with Gasteiger partial charge in [-0.15, -0.1) is 0 Å². The van der Waals surface area contributed by atoms with Crippen LogP contribution in [0.2, 0.25) is 0 Å². The lowest BCUT2D eigenvalue weighted by atomic mass is 10.00. The Hall–Kier alpha value is -1.09. The third-order valence-corrected chi connectivity index (χ3v) is 2.51. The number of hydrogen-bond acceptors (Lipinski definition) is 2. The van der Waals surface area contributed by atoms with Crippen molar-refractivity contribution < 1.29 is 9.13 Å². The zero-order valence-electron chi connectivity index (χ0n) is 8.43. The highest BCUT2D eigenvalue weighted by atomic mass is 19.1. The summed E-state index contributed by atoms with van der Waals surface area (Å²) >= 11 is 0. The van der Waals surface area contributed by atoms with Crippen molar-refractivity contribution in [1.82, 2.24) is 5.32 Å². The SMILES string of the molecule is Cc1cccc(OC2(C)CNC2)c1F. The summed E-state index contributed by atoms with van der Waals surface area (Å²) in [7, 11) is 0. The minimum absolute atomic E-state index is 0.241. The first-order chi connectivity index (χ1) is 6.61. The summed E-state index contributed by atoms with van der Waals surface area (Å²) in [5.41, 5.74) is 0.382. The third kappa shape index (κ3) is 1.60. The Balaban J connectivity index is 2.20. The molecule has 0 unspecified atom stereocenters. The Morgan fingerprint density at radius 2 is 2.14 bits per heavy atom. The summed E-state index contributed by atoms with van der Waals surface area (Å²) in [5.74, 6) is 0.106. The molecule has 2 rings (SSSR count). The van der Waals surface area contributed by atoms with Crippen LogP contribution in [-0.4, -0.2) is 18.7 Å². The predicted octanol–water partition coefficient (Wildman–Crippen LogP) is 1.87. The predicted molar refractivity (Wildman–Crippen MR) is 53.0 cm³/mol. The quantitative estimate of drug-likeness (QED) is 0.778. The largest absolute Gasteiger partial charge is 0.482 e. The molecular weight excluding hydrogens is 181 g/mol. The van der Waals surface area contributed by atoms with Crippen LogP contribution in [-0.2, 0) is 0 Å². The van der Waals surface area contributed by atoms with Gasteiger partial charge in [0.15, 0.2) is 11.6 Å². The number of ether oxygens (including phenoxy) is 1. The first kappa shape index (κ1) is 9.46. The first-order valence-corrected chi connectivity index (χ1v) is 4.76. The molecule has 1 N–H and O–H groups in total. The third-order valence-electron chi connectivity index (χ3n) is 2.51. The van der Waals surface area contributed by atoms with Gasteiger partial charge < -0.3 is 10.1 Å². The van der Waals surface area contributed by atoms with E-state index in [-0.39, 0.29) is 11.4 Å². The van der Waals surface area contributed by atoms with Gasteiger partial charge in [-0.3, -0.25) is 0 Å². The maximum Gasteiger partial charge on any atom is 0.167 e. The molecule has 0 amide bonds. The van der Waals surface area contributed by atoms with Gasteiger partial charge in [-0.1, -0.05) is 12.1 Å². The smallest absolute Gasteiger partial charge is 0.167 e. The van der Waals surface area contributed by atoms with Crippen LogP contribution in [0.5, 0.6) is 5.75 Å². The molecule has 0 bridgehead atoms. The molecule has 0 aliphatic carbocycles. The Morgan fingerprint density at radius 3 is 2.71 bits per heavy atom. The maximum atomic E-state index is 13.5. The van der Waals surface area contributed by atoms with E-state index in [1.165, 1.54) is 0 Å². The van der Waals surface area contributed by atoms with Crippen molar-refractivity contribution in [2.45, 2.75) is 19.4 Å². The van der Waals surface area contributed by atoms with Gasteiger partial charge in [0.2, 0.25) is 0 Å². The number of rotatable bonds is 2. The van der Waals surface area contributed by atoms with Crippen LogP contribution in [0.4, 0.5) is 4.39 Å². The normalized spacial score (nSPS) is 18.8. The Morgan fingerprint density at radius 1 is 1.43 bits per heavy atom. The topological polar surface area (TPSA) is 21.3 Å². The molecule has 1 aliphatic rings. The second-order valence-electron chi connectivity index (χ2n) is 4.04. The summed E-state index contributed by atoms with van der Waals surface area (Å²) in [6, 6.07) is 5.22. The van der Waals surface area contributed by atoms with Crippen LogP contribution < -0.4 is 10.1 Å². The van der Waals surface area contributed by atoms with Gasteiger partial charge in [-0.2, -0.15) is 0 Å². The molecule has 0 spiro atoms. The first-order valence-electron chi connectivity index (χ1n) is 4.76. The van der Waals surface area contributed by atoms with E-state index in [1.807, 2.05) is 13.0 Å². The number of aryl methyl sites for hydroxylation is 1. The van der Waals surface area contributed by atoms with Gasteiger partial charge in [-0.25, -0.2) is 4.39 Å². The number of benzene rings is 1. The van der Waals surface area contributed by atoms with Crippen LogP contribution in [0.15, 0.2) is 18.2 Å². The fourth-order valence-corrected chi connectivity index (χ4v) is 1.51. The van der Waals surface area contributed by atoms with Crippen LogP contribution in [0, 0.1) is 12.7 Å². The molecule has 3 heteroatoms. The van der Waals surface area contributed by atoms with Crippen molar-refractivity contribution in [2.24, 2.45) is 0 Å². The van der Waals surface area contributed by atoms with Crippen molar-refractivity contribution in [1.29, 1.82) is 0 Å². The zero-order valence-corrected chi connectivity index (χ0v) is 8.43. The van der Waals surface area contributed by atoms with Crippen molar-refractivity contribution >= 4 is 0 Å². The van der Waals surface area contributed by atoms with Crippen molar-refractivity contribution in [3.05, 3.63) is 29.6 Å². The van der Waals surface area contributed by atoms with E-state index in [0.29, 0.717) is 11.3 Å². The average molecular weight is 195 g/mol. The summed E-state index contributed by atoms with van der Waals surface area (Å²) in [5, 5.41) is 3.11. The molecule has 0 atom stereocenters. The van der Waals surface area contributed by atoms with Gasteiger partial charge in [-0.05, 0) is 25.5 Å². The molecule has 1 saturated heterocycles. The average Bonchev–Trinajstić information content (AvgIpc) is 2.10. The second-order valence-corrected chi connectivity index (χ2v) is 4.04. The van der Waals surface area contributed by atoms with Crippen molar-refractivity contribution in [3.63, 3.8) is 0 Å². The van der Waals surface area contributed by atoms with E-state index in [1.54, 1.807) is 19.1 Å². The standard InChI is InChI=1S/C11H14FNO/c1-8-4-3-5-9(10(8)12)14-11(2)6-13-7-11/h3-5,13H,6-7H2,1-2H3. The number of hydrogen-bond donors (Lipinski definition) is 1. The molecule has 14 heavy (non-hydrogen) atoms. The molecule has 1 aliphatic heterocycles. The summed E-state index contributed by atoms with van der Waals surface area (Å²) < 4.78 is 19.2. The van der Waals surface area contributed by atoms with Crippen molar-refractivity contribution in [2.75, 3.05) is 13.1 Å².